The predicted octanol–water partition coefficient (Wildman–Crippen LogP) is 1.54. The van der Waals surface area contributed by atoms with Crippen molar-refractivity contribution in [3.63, 3.8) is 0 Å². The van der Waals surface area contributed by atoms with Gasteiger partial charge in [-0.2, -0.15) is 0 Å². The van der Waals surface area contributed by atoms with Gasteiger partial charge in [-0.15, -0.1) is 0 Å². The quantitative estimate of drug-likeness (QED) is 0.850. The monoisotopic (exact) mass is 228 g/mol. The highest BCUT2D eigenvalue weighted by Gasteiger charge is 2.18. The molecule has 1 N–H and O–H groups in total. The summed E-state index contributed by atoms with van der Waals surface area (Å²) >= 11 is 0. The first kappa shape index (κ1) is 12.2. The lowest BCUT2D eigenvalue weighted by atomic mass is 10.2. The molecule has 1 rings (SSSR count). The molecular formula is C11H16O3S. The van der Waals surface area contributed by atoms with Crippen LogP contribution in [0.5, 0.6) is 0 Å². The number of hydrogen-bond acceptors (Lipinski definition) is 3. The lowest BCUT2D eigenvalue weighted by Crippen LogP contribution is -2.20. The molecule has 0 fully saturated rings. The molecule has 0 amide bonds. The normalized spacial score (nSPS) is 13.8. The topological polar surface area (TPSA) is 54.4 Å². The largest absolute Gasteiger partial charge is 0.392 e. The highest BCUT2D eigenvalue weighted by molar-refractivity contribution is 7.91. The van der Waals surface area contributed by atoms with Gasteiger partial charge in [0.15, 0.2) is 9.84 Å². The van der Waals surface area contributed by atoms with Crippen LogP contribution >= 0.6 is 0 Å². The molecule has 0 aliphatic rings. The Morgan fingerprint density at radius 1 is 1.27 bits per heavy atom. The van der Waals surface area contributed by atoms with Gasteiger partial charge in [0.05, 0.1) is 16.8 Å². The molecule has 84 valence electrons. The smallest absolute Gasteiger partial charge is 0.180 e. The van der Waals surface area contributed by atoms with E-state index in [0.717, 1.165) is 5.56 Å². The van der Waals surface area contributed by atoms with Gasteiger partial charge in [-0.25, -0.2) is 8.42 Å². The Labute approximate surface area is 90.7 Å². The SMILES string of the molecule is CC[C@@H](O)CS(=O)(=O)c1ccc(C)cc1. The van der Waals surface area contributed by atoms with Gasteiger partial charge in [-0.1, -0.05) is 24.6 Å². The summed E-state index contributed by atoms with van der Waals surface area (Å²) in [5.41, 5.74) is 1.02. The van der Waals surface area contributed by atoms with Crippen LogP contribution in [0.15, 0.2) is 29.2 Å². The molecule has 1 aromatic carbocycles. The fourth-order valence-electron chi connectivity index (χ4n) is 1.21. The summed E-state index contributed by atoms with van der Waals surface area (Å²) in [6.45, 7) is 3.66. The summed E-state index contributed by atoms with van der Waals surface area (Å²) < 4.78 is 23.5. The lowest BCUT2D eigenvalue weighted by molar-refractivity contribution is 0.193. The standard InChI is InChI=1S/C11H16O3S/c1-3-10(12)8-15(13,14)11-6-4-9(2)5-7-11/h4-7,10,12H,3,8H2,1-2H3/t10-/m1/s1. The number of benzene rings is 1. The van der Waals surface area contributed by atoms with Gasteiger partial charge >= 0.3 is 0 Å². The van der Waals surface area contributed by atoms with E-state index in [2.05, 4.69) is 0 Å². The van der Waals surface area contributed by atoms with E-state index < -0.39 is 15.9 Å². The zero-order chi connectivity index (χ0) is 11.5. The summed E-state index contributed by atoms with van der Waals surface area (Å²) in [5.74, 6) is -0.202. The van der Waals surface area contributed by atoms with Crippen LogP contribution in [0, 0.1) is 6.92 Å². The molecule has 0 unspecified atom stereocenters. The van der Waals surface area contributed by atoms with Gasteiger partial charge in [-0.05, 0) is 25.5 Å². The number of hydrogen-bond donors (Lipinski definition) is 1. The molecule has 0 bridgehead atoms. The van der Waals surface area contributed by atoms with Crippen LogP contribution in [0.4, 0.5) is 0 Å². The van der Waals surface area contributed by atoms with Gasteiger partial charge in [0.25, 0.3) is 0 Å². The van der Waals surface area contributed by atoms with Crippen molar-refractivity contribution in [2.45, 2.75) is 31.3 Å². The maximum Gasteiger partial charge on any atom is 0.180 e. The highest BCUT2D eigenvalue weighted by Crippen LogP contribution is 2.13. The van der Waals surface area contributed by atoms with Crippen LogP contribution < -0.4 is 0 Å². The minimum absolute atomic E-state index is 0.202. The summed E-state index contributed by atoms with van der Waals surface area (Å²) in [6.07, 6.45) is -0.332. The van der Waals surface area contributed by atoms with E-state index in [1.807, 2.05) is 6.92 Å². The fourth-order valence-corrected chi connectivity index (χ4v) is 2.70. The second-order valence-corrected chi connectivity index (χ2v) is 5.69. The Kier molecular flexibility index (Phi) is 3.88. The third kappa shape index (κ3) is 3.32. The lowest BCUT2D eigenvalue weighted by Gasteiger charge is -2.08. The van der Waals surface area contributed by atoms with Crippen molar-refractivity contribution < 1.29 is 13.5 Å². The molecule has 0 aromatic heterocycles. The molecule has 0 aliphatic carbocycles. The molecule has 0 aliphatic heterocycles. The van der Waals surface area contributed by atoms with E-state index in [1.165, 1.54) is 0 Å². The molecular weight excluding hydrogens is 212 g/mol. The van der Waals surface area contributed by atoms with Crippen molar-refractivity contribution in [1.29, 1.82) is 0 Å². The Balaban J connectivity index is 2.91. The van der Waals surface area contributed by atoms with E-state index in [9.17, 15) is 13.5 Å². The van der Waals surface area contributed by atoms with Crippen molar-refractivity contribution in [2.24, 2.45) is 0 Å². The minimum atomic E-state index is -3.34. The molecule has 1 atom stereocenters. The predicted molar refractivity (Wildman–Crippen MR) is 59.5 cm³/mol. The maximum atomic E-state index is 11.8. The molecule has 0 spiro atoms. The highest BCUT2D eigenvalue weighted by atomic mass is 32.2. The van der Waals surface area contributed by atoms with Gasteiger partial charge in [0.2, 0.25) is 0 Å². The number of aliphatic hydroxyl groups excluding tert-OH is 1. The molecule has 15 heavy (non-hydrogen) atoms. The van der Waals surface area contributed by atoms with Crippen LogP contribution in [-0.4, -0.2) is 25.4 Å². The first-order chi connectivity index (χ1) is 6.95. The van der Waals surface area contributed by atoms with Gasteiger partial charge in [0, 0.05) is 0 Å². The molecule has 0 heterocycles. The number of aryl methyl sites for hydroxylation is 1. The molecule has 0 saturated heterocycles. The van der Waals surface area contributed by atoms with E-state index in [4.69, 9.17) is 0 Å². The Hall–Kier alpha value is -0.870. The third-order valence-electron chi connectivity index (χ3n) is 2.26. The van der Waals surface area contributed by atoms with Crippen LogP contribution in [0.2, 0.25) is 0 Å². The molecule has 3 nitrogen and oxygen atoms in total. The first-order valence-electron chi connectivity index (χ1n) is 4.93. The summed E-state index contributed by atoms with van der Waals surface area (Å²) in [5, 5.41) is 9.33. The average molecular weight is 228 g/mol. The Morgan fingerprint density at radius 3 is 2.27 bits per heavy atom. The van der Waals surface area contributed by atoms with E-state index in [-0.39, 0.29) is 10.6 Å². The van der Waals surface area contributed by atoms with Crippen LogP contribution in [0.1, 0.15) is 18.9 Å². The number of rotatable bonds is 4. The molecule has 4 heteroatoms. The van der Waals surface area contributed by atoms with Gasteiger partial charge in [0.1, 0.15) is 0 Å². The molecule has 0 saturated carbocycles. The van der Waals surface area contributed by atoms with Crippen LogP contribution in [0.25, 0.3) is 0 Å². The maximum absolute atomic E-state index is 11.8. The van der Waals surface area contributed by atoms with Crippen molar-refractivity contribution >= 4 is 9.84 Å². The number of sulfone groups is 1. The van der Waals surface area contributed by atoms with Crippen molar-refractivity contribution in [1.82, 2.24) is 0 Å². The van der Waals surface area contributed by atoms with Crippen LogP contribution in [-0.2, 0) is 9.84 Å². The second kappa shape index (κ2) is 4.77. The summed E-state index contributed by atoms with van der Waals surface area (Å²) in [4.78, 5) is 0.278. The fraction of sp³-hybridized carbons (Fsp3) is 0.455. The van der Waals surface area contributed by atoms with E-state index in [1.54, 1.807) is 31.2 Å². The summed E-state index contributed by atoms with van der Waals surface area (Å²) in [6, 6.07) is 6.66. The van der Waals surface area contributed by atoms with Crippen LogP contribution in [0.3, 0.4) is 0 Å². The zero-order valence-corrected chi connectivity index (χ0v) is 9.79. The average Bonchev–Trinajstić information content (AvgIpc) is 2.17. The molecule has 1 aromatic rings. The number of aliphatic hydroxyl groups is 1. The minimum Gasteiger partial charge on any atom is -0.392 e. The van der Waals surface area contributed by atoms with E-state index >= 15 is 0 Å². The van der Waals surface area contributed by atoms with Gasteiger partial charge < -0.3 is 5.11 Å². The third-order valence-corrected chi connectivity index (χ3v) is 4.08. The van der Waals surface area contributed by atoms with Gasteiger partial charge in [-0.3, -0.25) is 0 Å². The summed E-state index contributed by atoms with van der Waals surface area (Å²) in [7, 11) is -3.34. The second-order valence-electron chi connectivity index (χ2n) is 3.66. The van der Waals surface area contributed by atoms with Crippen molar-refractivity contribution in [3.05, 3.63) is 29.8 Å². The first-order valence-corrected chi connectivity index (χ1v) is 6.58. The van der Waals surface area contributed by atoms with Crippen molar-refractivity contribution in [3.8, 4) is 0 Å². The van der Waals surface area contributed by atoms with Crippen molar-refractivity contribution in [2.75, 3.05) is 5.75 Å². The zero-order valence-electron chi connectivity index (χ0n) is 8.97. The van der Waals surface area contributed by atoms with E-state index in [0.29, 0.717) is 6.42 Å². The Bertz CT molecular complexity index is 406. The molecule has 0 radical (unpaired) electrons. The Morgan fingerprint density at radius 2 is 1.80 bits per heavy atom.